The third-order valence-electron chi connectivity index (χ3n) is 5.89. The van der Waals surface area contributed by atoms with Gasteiger partial charge in [0, 0.05) is 38.3 Å². The van der Waals surface area contributed by atoms with Crippen molar-refractivity contribution < 1.29 is 4.74 Å². The molecule has 160 valence electrons. The highest BCUT2D eigenvalue weighted by atomic mass is 16.5. The van der Waals surface area contributed by atoms with E-state index < -0.39 is 0 Å². The SMILES string of the molecule is CC.Cc1ccc(C2(CCNCc3ccc(N(C)C)cc3)CCOC(C)C2)cc1. The van der Waals surface area contributed by atoms with Crippen LogP contribution >= 0.6 is 0 Å². The van der Waals surface area contributed by atoms with Crippen LogP contribution in [0.2, 0.25) is 0 Å². The van der Waals surface area contributed by atoms with Gasteiger partial charge in [-0.1, -0.05) is 55.8 Å². The molecule has 2 aromatic rings. The average molecular weight is 397 g/mol. The van der Waals surface area contributed by atoms with Crippen molar-refractivity contribution in [1.29, 1.82) is 0 Å². The molecule has 0 spiro atoms. The highest BCUT2D eigenvalue weighted by molar-refractivity contribution is 5.45. The van der Waals surface area contributed by atoms with Crippen molar-refractivity contribution in [3.8, 4) is 0 Å². The number of anilines is 1. The van der Waals surface area contributed by atoms with Gasteiger partial charge in [-0.05, 0) is 62.9 Å². The number of aryl methyl sites for hydroxylation is 1. The maximum atomic E-state index is 5.86. The molecule has 0 aliphatic carbocycles. The van der Waals surface area contributed by atoms with Gasteiger partial charge >= 0.3 is 0 Å². The molecule has 29 heavy (non-hydrogen) atoms. The Morgan fingerprint density at radius 1 is 1.03 bits per heavy atom. The third kappa shape index (κ3) is 6.58. The number of nitrogens with zero attached hydrogens (tertiary/aromatic N) is 1. The molecule has 2 atom stereocenters. The molecule has 3 nitrogen and oxygen atoms in total. The van der Waals surface area contributed by atoms with Crippen LogP contribution < -0.4 is 10.2 Å². The van der Waals surface area contributed by atoms with Crippen molar-refractivity contribution in [2.45, 2.75) is 65.0 Å². The minimum atomic E-state index is 0.229. The molecule has 0 amide bonds. The first kappa shape index (κ1) is 23.4. The zero-order valence-electron chi connectivity index (χ0n) is 19.3. The van der Waals surface area contributed by atoms with Gasteiger partial charge in [0.15, 0.2) is 0 Å². The second-order valence-electron chi connectivity index (χ2n) is 8.27. The predicted molar refractivity (Wildman–Crippen MR) is 126 cm³/mol. The summed E-state index contributed by atoms with van der Waals surface area (Å²) in [5.41, 5.74) is 5.61. The summed E-state index contributed by atoms with van der Waals surface area (Å²) in [6, 6.07) is 18.0. The largest absolute Gasteiger partial charge is 0.378 e. The minimum Gasteiger partial charge on any atom is -0.378 e. The summed E-state index contributed by atoms with van der Waals surface area (Å²) in [7, 11) is 4.15. The van der Waals surface area contributed by atoms with Crippen LogP contribution in [0.25, 0.3) is 0 Å². The van der Waals surface area contributed by atoms with E-state index in [2.05, 4.69) is 86.7 Å². The van der Waals surface area contributed by atoms with Gasteiger partial charge in [-0.25, -0.2) is 0 Å². The van der Waals surface area contributed by atoms with E-state index in [1.54, 1.807) is 0 Å². The number of rotatable bonds is 7. The van der Waals surface area contributed by atoms with Gasteiger partial charge in [-0.15, -0.1) is 0 Å². The van der Waals surface area contributed by atoms with E-state index in [1.165, 1.54) is 22.4 Å². The van der Waals surface area contributed by atoms with E-state index in [4.69, 9.17) is 4.74 Å². The van der Waals surface area contributed by atoms with Gasteiger partial charge < -0.3 is 15.0 Å². The average Bonchev–Trinajstić information content (AvgIpc) is 2.73. The second-order valence-corrected chi connectivity index (χ2v) is 8.27. The van der Waals surface area contributed by atoms with Crippen molar-refractivity contribution in [3.05, 3.63) is 65.2 Å². The van der Waals surface area contributed by atoms with Gasteiger partial charge in [0.05, 0.1) is 6.10 Å². The van der Waals surface area contributed by atoms with Gasteiger partial charge in [0.2, 0.25) is 0 Å². The molecule has 1 saturated heterocycles. The van der Waals surface area contributed by atoms with E-state index in [-0.39, 0.29) is 5.41 Å². The highest BCUT2D eigenvalue weighted by Crippen LogP contribution is 2.40. The summed E-state index contributed by atoms with van der Waals surface area (Å²) in [6.07, 6.45) is 3.70. The van der Waals surface area contributed by atoms with E-state index in [9.17, 15) is 0 Å². The highest BCUT2D eigenvalue weighted by Gasteiger charge is 2.36. The maximum absolute atomic E-state index is 5.86. The van der Waals surface area contributed by atoms with E-state index in [1.807, 2.05) is 13.8 Å². The molecule has 0 saturated carbocycles. The van der Waals surface area contributed by atoms with Crippen LogP contribution in [0.5, 0.6) is 0 Å². The molecular weight excluding hydrogens is 356 g/mol. The normalized spacial score (nSPS) is 21.2. The molecule has 3 rings (SSSR count). The van der Waals surface area contributed by atoms with Gasteiger partial charge in [0.1, 0.15) is 0 Å². The fourth-order valence-corrected chi connectivity index (χ4v) is 4.18. The lowest BCUT2D eigenvalue weighted by Crippen LogP contribution is -2.39. The Hall–Kier alpha value is -1.84. The fourth-order valence-electron chi connectivity index (χ4n) is 4.18. The molecule has 2 aromatic carbocycles. The third-order valence-corrected chi connectivity index (χ3v) is 5.89. The Morgan fingerprint density at radius 2 is 1.69 bits per heavy atom. The van der Waals surface area contributed by atoms with Crippen LogP contribution in [-0.2, 0) is 16.7 Å². The number of nitrogens with one attached hydrogen (secondary N) is 1. The Balaban J connectivity index is 0.00000145. The van der Waals surface area contributed by atoms with Crippen molar-refractivity contribution >= 4 is 5.69 Å². The Morgan fingerprint density at radius 3 is 2.28 bits per heavy atom. The topological polar surface area (TPSA) is 24.5 Å². The summed E-state index contributed by atoms with van der Waals surface area (Å²) in [4.78, 5) is 2.13. The lowest BCUT2D eigenvalue weighted by atomic mass is 9.70. The summed E-state index contributed by atoms with van der Waals surface area (Å²) >= 11 is 0. The predicted octanol–water partition coefficient (Wildman–Crippen LogP) is 5.70. The fraction of sp³-hybridized carbons (Fsp3) is 0.538. The molecule has 1 aliphatic heterocycles. The molecule has 1 fully saturated rings. The standard InChI is InChI=1S/C24H34N2O.C2H6/c1-19-5-9-22(10-6-19)24(14-16-27-20(2)17-24)13-15-25-18-21-7-11-23(12-8-21)26(3)4;1-2/h5-12,20,25H,13-18H2,1-4H3;1-2H3. The number of ether oxygens (including phenoxy) is 1. The van der Waals surface area contributed by atoms with Crippen LogP contribution in [0.15, 0.2) is 48.5 Å². The van der Waals surface area contributed by atoms with Crippen LogP contribution in [0.1, 0.15) is 56.7 Å². The monoisotopic (exact) mass is 396 g/mol. The summed E-state index contributed by atoms with van der Waals surface area (Å²) in [5, 5.41) is 3.66. The van der Waals surface area contributed by atoms with Crippen LogP contribution in [0.4, 0.5) is 5.69 Å². The molecule has 0 radical (unpaired) electrons. The lowest BCUT2D eigenvalue weighted by Gasteiger charge is -2.41. The Bertz CT molecular complexity index is 708. The maximum Gasteiger partial charge on any atom is 0.0555 e. The van der Waals surface area contributed by atoms with Crippen LogP contribution in [-0.4, -0.2) is 33.4 Å². The summed E-state index contributed by atoms with van der Waals surface area (Å²) in [5.74, 6) is 0. The first-order chi connectivity index (χ1) is 14.0. The van der Waals surface area contributed by atoms with Gasteiger partial charge in [-0.3, -0.25) is 0 Å². The quantitative estimate of drug-likeness (QED) is 0.607. The molecule has 1 aliphatic rings. The smallest absolute Gasteiger partial charge is 0.0555 e. The summed E-state index contributed by atoms with van der Waals surface area (Å²) in [6.45, 7) is 11.2. The lowest BCUT2D eigenvalue weighted by molar-refractivity contribution is -0.0128. The zero-order chi connectivity index (χ0) is 21.3. The van der Waals surface area contributed by atoms with Crippen molar-refractivity contribution in [2.75, 3.05) is 32.1 Å². The van der Waals surface area contributed by atoms with Crippen LogP contribution in [0, 0.1) is 6.92 Å². The molecule has 0 aromatic heterocycles. The van der Waals surface area contributed by atoms with E-state index >= 15 is 0 Å². The molecule has 3 heteroatoms. The Labute approximate surface area is 178 Å². The summed E-state index contributed by atoms with van der Waals surface area (Å²) < 4.78 is 5.86. The molecule has 1 N–H and O–H groups in total. The first-order valence-electron chi connectivity index (χ1n) is 11.1. The van der Waals surface area contributed by atoms with Gasteiger partial charge in [0.25, 0.3) is 0 Å². The van der Waals surface area contributed by atoms with Crippen molar-refractivity contribution in [2.24, 2.45) is 0 Å². The Kier molecular flexibility index (Phi) is 9.19. The molecule has 1 heterocycles. The van der Waals surface area contributed by atoms with Gasteiger partial charge in [-0.2, -0.15) is 0 Å². The van der Waals surface area contributed by atoms with Crippen molar-refractivity contribution in [3.63, 3.8) is 0 Å². The number of hydrogen-bond donors (Lipinski definition) is 1. The number of benzene rings is 2. The number of hydrogen-bond acceptors (Lipinski definition) is 3. The molecule has 2 unspecified atom stereocenters. The van der Waals surface area contributed by atoms with E-state index in [0.717, 1.165) is 39.0 Å². The first-order valence-corrected chi connectivity index (χ1v) is 11.1. The zero-order valence-corrected chi connectivity index (χ0v) is 19.3. The molecular formula is C26H40N2O. The molecule has 0 bridgehead atoms. The minimum absolute atomic E-state index is 0.229. The van der Waals surface area contributed by atoms with Crippen molar-refractivity contribution in [1.82, 2.24) is 5.32 Å². The van der Waals surface area contributed by atoms with E-state index in [0.29, 0.717) is 6.10 Å². The van der Waals surface area contributed by atoms with Crippen LogP contribution in [0.3, 0.4) is 0 Å². The second kappa shape index (κ2) is 11.4.